The van der Waals surface area contributed by atoms with E-state index >= 15 is 0 Å². The second-order valence-electron chi connectivity index (χ2n) is 4.84. The van der Waals surface area contributed by atoms with Gasteiger partial charge in [0.1, 0.15) is 6.61 Å². The summed E-state index contributed by atoms with van der Waals surface area (Å²) in [5.41, 5.74) is 0. The normalized spacial score (nSPS) is 10.5. The van der Waals surface area contributed by atoms with Gasteiger partial charge in [-0.05, 0) is 19.4 Å². The SMILES string of the molecule is C=C(NCCCC)OCCOCCOCCCCCC. The highest BCUT2D eigenvalue weighted by Gasteiger charge is 1.95. The van der Waals surface area contributed by atoms with Crippen LogP contribution < -0.4 is 5.32 Å². The summed E-state index contributed by atoms with van der Waals surface area (Å²) in [6.45, 7) is 12.3. The van der Waals surface area contributed by atoms with Crippen molar-refractivity contribution in [1.29, 1.82) is 0 Å². The molecule has 0 rings (SSSR count). The number of hydrogen-bond donors (Lipinski definition) is 1. The molecule has 0 aliphatic rings. The van der Waals surface area contributed by atoms with Gasteiger partial charge in [0.05, 0.1) is 19.8 Å². The molecule has 1 N–H and O–H groups in total. The van der Waals surface area contributed by atoms with E-state index in [0.29, 0.717) is 32.3 Å². The fourth-order valence-corrected chi connectivity index (χ4v) is 1.63. The number of nitrogens with one attached hydrogen (secondary N) is 1. The van der Waals surface area contributed by atoms with Crippen LogP contribution in [0.3, 0.4) is 0 Å². The molecule has 0 aromatic heterocycles. The largest absolute Gasteiger partial charge is 0.477 e. The van der Waals surface area contributed by atoms with Crippen LogP contribution in [0.25, 0.3) is 0 Å². The third-order valence-electron chi connectivity index (χ3n) is 2.87. The average molecular weight is 287 g/mol. The van der Waals surface area contributed by atoms with Gasteiger partial charge >= 0.3 is 0 Å². The number of hydrogen-bond acceptors (Lipinski definition) is 4. The van der Waals surface area contributed by atoms with Gasteiger partial charge in [-0.25, -0.2) is 0 Å². The lowest BCUT2D eigenvalue weighted by Gasteiger charge is -2.11. The van der Waals surface area contributed by atoms with Crippen molar-refractivity contribution < 1.29 is 14.2 Å². The predicted octanol–water partition coefficient (Wildman–Crippen LogP) is 3.48. The molecule has 0 aliphatic carbocycles. The summed E-state index contributed by atoms with van der Waals surface area (Å²) in [5, 5.41) is 3.12. The summed E-state index contributed by atoms with van der Waals surface area (Å²) in [5.74, 6) is 0.634. The van der Waals surface area contributed by atoms with Crippen LogP contribution in [0.4, 0.5) is 0 Å². The van der Waals surface area contributed by atoms with E-state index in [1.165, 1.54) is 25.7 Å². The van der Waals surface area contributed by atoms with Crippen molar-refractivity contribution in [2.45, 2.75) is 52.4 Å². The molecule has 120 valence electrons. The fraction of sp³-hybridized carbons (Fsp3) is 0.875. The predicted molar refractivity (Wildman–Crippen MR) is 83.8 cm³/mol. The first kappa shape index (κ1) is 19.3. The molecule has 0 fully saturated rings. The van der Waals surface area contributed by atoms with E-state index in [9.17, 15) is 0 Å². The van der Waals surface area contributed by atoms with Gasteiger partial charge in [0.15, 0.2) is 5.88 Å². The molecule has 4 heteroatoms. The van der Waals surface area contributed by atoms with Crippen LogP contribution in [0.2, 0.25) is 0 Å². The van der Waals surface area contributed by atoms with E-state index in [1.54, 1.807) is 0 Å². The second-order valence-corrected chi connectivity index (χ2v) is 4.84. The minimum atomic E-state index is 0.536. The van der Waals surface area contributed by atoms with Gasteiger partial charge in [0.25, 0.3) is 0 Å². The zero-order chi connectivity index (χ0) is 14.9. The van der Waals surface area contributed by atoms with E-state index in [0.717, 1.165) is 26.0 Å². The monoisotopic (exact) mass is 287 g/mol. The highest BCUT2D eigenvalue weighted by molar-refractivity contribution is 4.78. The van der Waals surface area contributed by atoms with Crippen molar-refractivity contribution >= 4 is 0 Å². The Morgan fingerprint density at radius 1 is 0.800 bits per heavy atom. The molecule has 0 amide bonds. The van der Waals surface area contributed by atoms with Crippen LogP contribution >= 0.6 is 0 Å². The van der Waals surface area contributed by atoms with Crippen molar-refractivity contribution in [2.75, 3.05) is 39.6 Å². The smallest absolute Gasteiger partial charge is 0.179 e. The lowest BCUT2D eigenvalue weighted by molar-refractivity contribution is 0.0244. The van der Waals surface area contributed by atoms with Crippen LogP contribution in [0.1, 0.15) is 52.4 Å². The maximum absolute atomic E-state index is 5.48. The molecule has 0 aromatic rings. The van der Waals surface area contributed by atoms with E-state index < -0.39 is 0 Å². The number of ether oxygens (including phenoxy) is 3. The summed E-state index contributed by atoms with van der Waals surface area (Å²) in [6, 6.07) is 0. The van der Waals surface area contributed by atoms with Crippen molar-refractivity contribution in [3.05, 3.63) is 12.5 Å². The average Bonchev–Trinajstić information content (AvgIpc) is 2.45. The first-order valence-electron chi connectivity index (χ1n) is 8.02. The third kappa shape index (κ3) is 15.3. The molecule has 0 aromatic carbocycles. The number of rotatable bonds is 16. The Balaban J connectivity index is 3.07. The van der Waals surface area contributed by atoms with E-state index in [4.69, 9.17) is 14.2 Å². The van der Waals surface area contributed by atoms with Gasteiger partial charge in [0.2, 0.25) is 0 Å². The molecule has 0 radical (unpaired) electrons. The molecule has 0 unspecified atom stereocenters. The molecule has 20 heavy (non-hydrogen) atoms. The maximum Gasteiger partial charge on any atom is 0.179 e. The van der Waals surface area contributed by atoms with Crippen LogP contribution in [0.15, 0.2) is 12.5 Å². The highest BCUT2D eigenvalue weighted by Crippen LogP contribution is 1.98. The van der Waals surface area contributed by atoms with Crippen LogP contribution in [-0.4, -0.2) is 39.6 Å². The van der Waals surface area contributed by atoms with Gasteiger partial charge in [-0.2, -0.15) is 0 Å². The van der Waals surface area contributed by atoms with Gasteiger partial charge in [-0.15, -0.1) is 0 Å². The summed E-state index contributed by atoms with van der Waals surface area (Å²) in [4.78, 5) is 0. The molecule has 0 aliphatic heterocycles. The first-order chi connectivity index (χ1) is 9.81. The highest BCUT2D eigenvalue weighted by atomic mass is 16.5. The molecule has 0 spiro atoms. The Hall–Kier alpha value is -0.740. The fourth-order valence-electron chi connectivity index (χ4n) is 1.63. The minimum absolute atomic E-state index is 0.536. The lowest BCUT2D eigenvalue weighted by atomic mass is 10.2. The molecule has 0 saturated carbocycles. The zero-order valence-electron chi connectivity index (χ0n) is 13.4. The van der Waals surface area contributed by atoms with Crippen molar-refractivity contribution in [1.82, 2.24) is 5.32 Å². The summed E-state index contributed by atoms with van der Waals surface area (Å²) in [6.07, 6.45) is 7.28. The van der Waals surface area contributed by atoms with Crippen LogP contribution in [0, 0.1) is 0 Å². The first-order valence-corrected chi connectivity index (χ1v) is 8.02. The number of unbranched alkanes of at least 4 members (excludes halogenated alkanes) is 4. The van der Waals surface area contributed by atoms with E-state index in [-0.39, 0.29) is 0 Å². The Bertz CT molecular complexity index is 210. The molecule has 0 bridgehead atoms. The molecular formula is C16H33NO3. The van der Waals surface area contributed by atoms with Crippen molar-refractivity contribution in [2.24, 2.45) is 0 Å². The quantitative estimate of drug-likeness (QED) is 0.348. The molecular weight excluding hydrogens is 254 g/mol. The topological polar surface area (TPSA) is 39.7 Å². The Kier molecular flexibility index (Phi) is 15.7. The van der Waals surface area contributed by atoms with Crippen molar-refractivity contribution in [3.8, 4) is 0 Å². The Morgan fingerprint density at radius 2 is 1.45 bits per heavy atom. The van der Waals surface area contributed by atoms with Crippen molar-refractivity contribution in [3.63, 3.8) is 0 Å². The molecule has 0 atom stereocenters. The summed E-state index contributed by atoms with van der Waals surface area (Å²) in [7, 11) is 0. The third-order valence-corrected chi connectivity index (χ3v) is 2.87. The Morgan fingerprint density at radius 3 is 2.15 bits per heavy atom. The Labute approximate surface area is 124 Å². The lowest BCUT2D eigenvalue weighted by Crippen LogP contribution is -2.18. The van der Waals surface area contributed by atoms with Crippen LogP contribution in [0.5, 0.6) is 0 Å². The van der Waals surface area contributed by atoms with Gasteiger partial charge in [-0.1, -0.05) is 39.5 Å². The van der Waals surface area contributed by atoms with Gasteiger partial charge in [0, 0.05) is 13.2 Å². The van der Waals surface area contributed by atoms with E-state index in [1.807, 2.05) is 0 Å². The molecule has 0 saturated heterocycles. The molecule has 4 nitrogen and oxygen atoms in total. The van der Waals surface area contributed by atoms with Gasteiger partial charge in [-0.3, -0.25) is 0 Å². The maximum atomic E-state index is 5.48. The van der Waals surface area contributed by atoms with Crippen LogP contribution in [-0.2, 0) is 14.2 Å². The standard InChI is InChI=1S/C16H33NO3/c1-4-6-8-9-11-18-12-13-19-14-15-20-16(3)17-10-7-5-2/h17H,3-15H2,1-2H3. The van der Waals surface area contributed by atoms with Gasteiger partial charge < -0.3 is 19.5 Å². The van der Waals surface area contributed by atoms with E-state index in [2.05, 4.69) is 25.7 Å². The zero-order valence-corrected chi connectivity index (χ0v) is 13.4. The molecule has 0 heterocycles. The summed E-state index contributed by atoms with van der Waals surface area (Å²) < 4.78 is 16.3. The minimum Gasteiger partial charge on any atom is -0.477 e. The second kappa shape index (κ2) is 16.3. The summed E-state index contributed by atoms with van der Waals surface area (Å²) >= 11 is 0.